The maximum atomic E-state index is 12.4. The molecule has 0 aromatic rings. The average Bonchev–Trinajstić information content (AvgIpc) is 2.55. The van der Waals surface area contributed by atoms with Gasteiger partial charge in [-0.05, 0) is 18.6 Å². The number of thioether (sulfide) groups is 1. The summed E-state index contributed by atoms with van der Waals surface area (Å²) >= 11 is 1.99. The predicted molar refractivity (Wildman–Crippen MR) is 92.6 cm³/mol. The molecule has 2 aliphatic rings. The summed E-state index contributed by atoms with van der Waals surface area (Å²) in [6.07, 6.45) is 4.90. The molecule has 2 fully saturated rings. The van der Waals surface area contributed by atoms with E-state index >= 15 is 0 Å². The van der Waals surface area contributed by atoms with Crippen LogP contribution >= 0.6 is 11.8 Å². The third-order valence-electron chi connectivity index (χ3n) is 4.59. The molecule has 1 heterocycles. The largest absolute Gasteiger partial charge is 0.379 e. The molecule has 1 aliphatic carbocycles. The van der Waals surface area contributed by atoms with Crippen LogP contribution in [-0.2, 0) is 4.74 Å². The minimum absolute atomic E-state index is 0.0851. The molecule has 128 valence electrons. The van der Waals surface area contributed by atoms with Gasteiger partial charge in [0.15, 0.2) is 0 Å². The Morgan fingerprint density at radius 3 is 2.77 bits per heavy atom. The molecule has 1 N–H and O–H groups in total. The summed E-state index contributed by atoms with van der Waals surface area (Å²) in [6, 6.07) is 0.430. The summed E-state index contributed by atoms with van der Waals surface area (Å²) in [7, 11) is 1.90. The van der Waals surface area contributed by atoms with Gasteiger partial charge < -0.3 is 15.0 Å². The maximum absolute atomic E-state index is 12.4. The lowest BCUT2D eigenvalue weighted by Gasteiger charge is -2.33. The highest BCUT2D eigenvalue weighted by atomic mass is 32.2. The Labute approximate surface area is 139 Å². The van der Waals surface area contributed by atoms with E-state index in [1.54, 1.807) is 0 Å². The normalized spacial score (nSPS) is 26.6. The van der Waals surface area contributed by atoms with Crippen molar-refractivity contribution in [3.05, 3.63) is 0 Å². The molecule has 0 bridgehead atoms. The first kappa shape index (κ1) is 17.9. The smallest absolute Gasteiger partial charge is 0.317 e. The van der Waals surface area contributed by atoms with Crippen LogP contribution in [0.1, 0.15) is 32.6 Å². The van der Waals surface area contributed by atoms with Crippen LogP contribution in [0.15, 0.2) is 0 Å². The molecule has 2 atom stereocenters. The van der Waals surface area contributed by atoms with Gasteiger partial charge in [-0.2, -0.15) is 11.8 Å². The summed E-state index contributed by atoms with van der Waals surface area (Å²) in [4.78, 5) is 16.6. The van der Waals surface area contributed by atoms with Gasteiger partial charge in [-0.1, -0.05) is 19.8 Å². The van der Waals surface area contributed by atoms with Crippen LogP contribution in [-0.4, -0.2) is 79.3 Å². The summed E-state index contributed by atoms with van der Waals surface area (Å²) in [5.41, 5.74) is 0. The monoisotopic (exact) mass is 329 g/mol. The van der Waals surface area contributed by atoms with Crippen LogP contribution in [0.2, 0.25) is 0 Å². The molecule has 0 radical (unpaired) electrons. The zero-order valence-corrected chi connectivity index (χ0v) is 14.9. The highest BCUT2D eigenvalue weighted by Crippen LogP contribution is 2.28. The van der Waals surface area contributed by atoms with Gasteiger partial charge in [0, 0.05) is 44.5 Å². The lowest BCUT2D eigenvalue weighted by atomic mass is 9.95. The first-order chi connectivity index (χ1) is 10.7. The Hall–Kier alpha value is -0.460. The lowest BCUT2D eigenvalue weighted by Crippen LogP contribution is -2.50. The van der Waals surface area contributed by atoms with E-state index in [0.29, 0.717) is 11.3 Å². The molecule has 2 rings (SSSR count). The first-order valence-electron chi connectivity index (χ1n) is 8.64. The molecule has 6 heteroatoms. The molecule has 2 unspecified atom stereocenters. The van der Waals surface area contributed by atoms with Gasteiger partial charge >= 0.3 is 6.03 Å². The van der Waals surface area contributed by atoms with E-state index in [1.165, 1.54) is 19.3 Å². The molecule has 2 amide bonds. The van der Waals surface area contributed by atoms with Crippen molar-refractivity contribution >= 4 is 17.8 Å². The molecule has 1 saturated heterocycles. The molecule has 0 spiro atoms. The number of ether oxygens (including phenoxy) is 1. The number of amides is 2. The zero-order valence-electron chi connectivity index (χ0n) is 14.1. The summed E-state index contributed by atoms with van der Waals surface area (Å²) in [5, 5.41) is 3.86. The number of rotatable bonds is 6. The zero-order chi connectivity index (χ0) is 15.8. The second-order valence-corrected chi connectivity index (χ2v) is 7.73. The number of hydrogen-bond acceptors (Lipinski definition) is 4. The molecular formula is C16H31N3O2S. The third-order valence-corrected chi connectivity index (χ3v) is 5.92. The van der Waals surface area contributed by atoms with E-state index < -0.39 is 0 Å². The standard InChI is InChI=1S/C16H31N3O2S/c1-3-22-15-7-5-4-6-14(15)17-16(20)18(2)8-9-19-10-12-21-13-11-19/h14-15H,3-13H2,1-2H3,(H,17,20). The van der Waals surface area contributed by atoms with Gasteiger partial charge in [0.2, 0.25) is 0 Å². The third kappa shape index (κ3) is 5.63. The van der Waals surface area contributed by atoms with Gasteiger partial charge in [0.25, 0.3) is 0 Å². The minimum atomic E-state index is 0.0851. The van der Waals surface area contributed by atoms with Crippen molar-refractivity contribution in [3.8, 4) is 0 Å². The molecule has 0 aromatic carbocycles. The van der Waals surface area contributed by atoms with Crippen molar-refractivity contribution in [2.24, 2.45) is 0 Å². The second-order valence-electron chi connectivity index (χ2n) is 6.21. The van der Waals surface area contributed by atoms with Crippen molar-refractivity contribution in [1.82, 2.24) is 15.1 Å². The number of urea groups is 1. The fourth-order valence-corrected chi connectivity index (χ4v) is 4.36. The Morgan fingerprint density at radius 1 is 1.32 bits per heavy atom. The predicted octanol–water partition coefficient (Wildman–Crippen LogP) is 2.02. The van der Waals surface area contributed by atoms with Crippen molar-refractivity contribution in [2.75, 3.05) is 52.2 Å². The Morgan fingerprint density at radius 2 is 2.05 bits per heavy atom. The van der Waals surface area contributed by atoms with Gasteiger partial charge in [-0.3, -0.25) is 4.90 Å². The molecule has 1 saturated carbocycles. The van der Waals surface area contributed by atoms with E-state index in [4.69, 9.17) is 4.74 Å². The number of nitrogens with zero attached hydrogens (tertiary/aromatic N) is 2. The number of carbonyl (C=O) groups excluding carboxylic acids is 1. The highest BCUT2D eigenvalue weighted by Gasteiger charge is 2.27. The van der Waals surface area contributed by atoms with Gasteiger partial charge in [-0.15, -0.1) is 0 Å². The van der Waals surface area contributed by atoms with Crippen molar-refractivity contribution in [1.29, 1.82) is 0 Å². The lowest BCUT2D eigenvalue weighted by molar-refractivity contribution is 0.0356. The summed E-state index contributed by atoms with van der Waals surface area (Å²) < 4.78 is 5.35. The van der Waals surface area contributed by atoms with Crippen molar-refractivity contribution in [3.63, 3.8) is 0 Å². The summed E-state index contributed by atoms with van der Waals surface area (Å²) in [5.74, 6) is 1.13. The number of nitrogens with one attached hydrogen (secondary N) is 1. The van der Waals surface area contributed by atoms with E-state index in [-0.39, 0.29) is 6.03 Å². The van der Waals surface area contributed by atoms with Gasteiger partial charge in [0.1, 0.15) is 0 Å². The number of hydrogen-bond donors (Lipinski definition) is 1. The first-order valence-corrected chi connectivity index (χ1v) is 9.69. The quantitative estimate of drug-likeness (QED) is 0.810. The van der Waals surface area contributed by atoms with Crippen LogP contribution in [0.5, 0.6) is 0 Å². The van der Waals surface area contributed by atoms with Crippen molar-refractivity contribution < 1.29 is 9.53 Å². The van der Waals surface area contributed by atoms with Crippen LogP contribution in [0.4, 0.5) is 4.79 Å². The minimum Gasteiger partial charge on any atom is -0.379 e. The maximum Gasteiger partial charge on any atom is 0.317 e. The molecule has 22 heavy (non-hydrogen) atoms. The molecular weight excluding hydrogens is 298 g/mol. The second kappa shape index (κ2) is 9.63. The van der Waals surface area contributed by atoms with Gasteiger partial charge in [0.05, 0.1) is 13.2 Å². The number of likely N-dealkylation sites (N-methyl/N-ethyl adjacent to an activating group) is 1. The Balaban J connectivity index is 1.72. The van der Waals surface area contributed by atoms with E-state index in [1.807, 2.05) is 23.7 Å². The van der Waals surface area contributed by atoms with Crippen LogP contribution in [0, 0.1) is 0 Å². The number of morpholine rings is 1. The highest BCUT2D eigenvalue weighted by molar-refractivity contribution is 7.99. The summed E-state index contributed by atoms with van der Waals surface area (Å²) in [6.45, 7) is 7.50. The van der Waals surface area contributed by atoms with Crippen molar-refractivity contribution in [2.45, 2.75) is 43.9 Å². The SMILES string of the molecule is CCSC1CCCCC1NC(=O)N(C)CCN1CCOCC1. The Kier molecular flexibility index (Phi) is 7.83. The van der Waals surface area contributed by atoms with Crippen LogP contribution < -0.4 is 5.32 Å². The van der Waals surface area contributed by atoms with Crippen LogP contribution in [0.3, 0.4) is 0 Å². The van der Waals surface area contributed by atoms with Crippen LogP contribution in [0.25, 0.3) is 0 Å². The van der Waals surface area contributed by atoms with E-state index in [9.17, 15) is 4.79 Å². The molecule has 0 aromatic heterocycles. The number of carbonyl (C=O) groups is 1. The van der Waals surface area contributed by atoms with Gasteiger partial charge in [-0.25, -0.2) is 4.79 Å². The molecule has 1 aliphatic heterocycles. The molecule has 5 nitrogen and oxygen atoms in total. The van der Waals surface area contributed by atoms with E-state index in [0.717, 1.165) is 51.6 Å². The topological polar surface area (TPSA) is 44.8 Å². The van der Waals surface area contributed by atoms with E-state index in [2.05, 4.69) is 17.1 Å². The fraction of sp³-hybridized carbons (Fsp3) is 0.938. The Bertz CT molecular complexity index is 335. The average molecular weight is 330 g/mol. The fourth-order valence-electron chi connectivity index (χ4n) is 3.16.